The first kappa shape index (κ1) is 15.9. The van der Waals surface area contributed by atoms with E-state index in [2.05, 4.69) is 10.3 Å². The Morgan fingerprint density at radius 1 is 1.57 bits per heavy atom. The second kappa shape index (κ2) is 7.02. The summed E-state index contributed by atoms with van der Waals surface area (Å²) in [5.74, 6) is 0.0133. The number of amides is 2. The van der Waals surface area contributed by atoms with Gasteiger partial charge in [0.15, 0.2) is 0 Å². The van der Waals surface area contributed by atoms with Crippen molar-refractivity contribution in [3.8, 4) is 0 Å². The normalized spacial score (nSPS) is 18.6. The molecule has 0 aliphatic carbocycles. The van der Waals surface area contributed by atoms with Crippen molar-refractivity contribution >= 4 is 23.2 Å². The predicted octanol–water partition coefficient (Wildman–Crippen LogP) is 1.90. The fourth-order valence-electron chi connectivity index (χ4n) is 2.57. The van der Waals surface area contributed by atoms with Gasteiger partial charge >= 0.3 is 0 Å². The van der Waals surface area contributed by atoms with Gasteiger partial charge < -0.3 is 10.2 Å². The van der Waals surface area contributed by atoms with Crippen molar-refractivity contribution in [3.05, 3.63) is 16.1 Å². The first-order valence-corrected chi connectivity index (χ1v) is 8.36. The maximum absolute atomic E-state index is 12.1. The summed E-state index contributed by atoms with van der Waals surface area (Å²) in [6.07, 6.45) is 2.74. The highest BCUT2D eigenvalue weighted by atomic mass is 32.1. The molecule has 2 rings (SSSR count). The standard InChI is InChI=1S/C15H23N3O2S/c1-10(2)18-8-7-13(15(18)20)17-14(19)6-4-5-12-9-21-11(3)16-12/h9-10,13H,4-8H2,1-3H3,(H,17,19)/t13-/m0/s1. The number of nitrogens with zero attached hydrogens (tertiary/aromatic N) is 2. The molecule has 0 saturated carbocycles. The highest BCUT2D eigenvalue weighted by molar-refractivity contribution is 7.09. The number of aromatic nitrogens is 1. The first-order chi connectivity index (χ1) is 9.97. The molecular weight excluding hydrogens is 286 g/mol. The van der Waals surface area contributed by atoms with Gasteiger partial charge in [0.25, 0.3) is 0 Å². The smallest absolute Gasteiger partial charge is 0.245 e. The Balaban J connectivity index is 1.71. The predicted molar refractivity (Wildman–Crippen MR) is 83.2 cm³/mol. The highest BCUT2D eigenvalue weighted by Crippen LogP contribution is 2.15. The van der Waals surface area contributed by atoms with E-state index in [4.69, 9.17) is 0 Å². The van der Waals surface area contributed by atoms with Gasteiger partial charge in [-0.05, 0) is 40.0 Å². The average Bonchev–Trinajstić information content (AvgIpc) is 2.97. The Morgan fingerprint density at radius 2 is 2.33 bits per heavy atom. The number of carbonyl (C=O) groups is 2. The summed E-state index contributed by atoms with van der Waals surface area (Å²) in [5.41, 5.74) is 1.05. The molecular formula is C15H23N3O2S. The van der Waals surface area contributed by atoms with E-state index in [1.807, 2.05) is 31.1 Å². The number of hydrogen-bond acceptors (Lipinski definition) is 4. The van der Waals surface area contributed by atoms with Crippen LogP contribution in [0.2, 0.25) is 0 Å². The molecule has 0 unspecified atom stereocenters. The summed E-state index contributed by atoms with van der Waals surface area (Å²) in [5, 5.41) is 5.95. The third-order valence-corrected chi connectivity index (χ3v) is 4.52. The van der Waals surface area contributed by atoms with Crippen molar-refractivity contribution in [1.82, 2.24) is 15.2 Å². The van der Waals surface area contributed by atoms with Gasteiger partial charge in [-0.3, -0.25) is 9.59 Å². The molecule has 1 aromatic rings. The van der Waals surface area contributed by atoms with Crippen LogP contribution >= 0.6 is 11.3 Å². The van der Waals surface area contributed by atoms with Gasteiger partial charge in [0.1, 0.15) is 6.04 Å². The van der Waals surface area contributed by atoms with Crippen LogP contribution in [-0.4, -0.2) is 40.3 Å². The van der Waals surface area contributed by atoms with E-state index < -0.39 is 0 Å². The van der Waals surface area contributed by atoms with Gasteiger partial charge in [-0.25, -0.2) is 4.98 Å². The van der Waals surface area contributed by atoms with Crippen molar-refractivity contribution in [1.29, 1.82) is 0 Å². The van der Waals surface area contributed by atoms with Crippen molar-refractivity contribution in [3.63, 3.8) is 0 Å². The lowest BCUT2D eigenvalue weighted by Crippen LogP contribution is -2.43. The van der Waals surface area contributed by atoms with Gasteiger partial charge in [0.2, 0.25) is 11.8 Å². The number of likely N-dealkylation sites (tertiary alicyclic amines) is 1. The maximum Gasteiger partial charge on any atom is 0.245 e. The molecule has 116 valence electrons. The number of rotatable bonds is 6. The zero-order valence-corrected chi connectivity index (χ0v) is 13.7. The lowest BCUT2D eigenvalue weighted by molar-refractivity contribution is -0.133. The fraction of sp³-hybridized carbons (Fsp3) is 0.667. The minimum Gasteiger partial charge on any atom is -0.344 e. The number of thiazole rings is 1. The third kappa shape index (κ3) is 4.27. The fourth-order valence-corrected chi connectivity index (χ4v) is 3.22. The maximum atomic E-state index is 12.1. The van der Waals surface area contributed by atoms with Crippen molar-refractivity contribution in [2.45, 2.75) is 58.5 Å². The second-order valence-corrected chi connectivity index (χ2v) is 6.81. The minimum atomic E-state index is -0.332. The number of aryl methyl sites for hydroxylation is 2. The number of hydrogen-bond donors (Lipinski definition) is 1. The zero-order valence-electron chi connectivity index (χ0n) is 12.9. The first-order valence-electron chi connectivity index (χ1n) is 7.48. The summed E-state index contributed by atoms with van der Waals surface area (Å²) in [6, 6.07) is -0.131. The molecule has 6 heteroatoms. The van der Waals surface area contributed by atoms with Gasteiger partial charge in [-0.15, -0.1) is 11.3 Å². The van der Waals surface area contributed by atoms with E-state index in [9.17, 15) is 9.59 Å². The Kier molecular flexibility index (Phi) is 5.33. The Labute approximate surface area is 129 Å². The molecule has 21 heavy (non-hydrogen) atoms. The molecule has 1 fully saturated rings. The van der Waals surface area contributed by atoms with Crippen LogP contribution < -0.4 is 5.32 Å². The lowest BCUT2D eigenvalue weighted by atomic mass is 10.2. The summed E-state index contributed by atoms with van der Waals surface area (Å²) in [7, 11) is 0. The minimum absolute atomic E-state index is 0.0362. The summed E-state index contributed by atoms with van der Waals surface area (Å²) in [6.45, 7) is 6.71. The lowest BCUT2D eigenvalue weighted by Gasteiger charge is -2.21. The quantitative estimate of drug-likeness (QED) is 0.873. The Hall–Kier alpha value is -1.43. The average molecular weight is 309 g/mol. The van der Waals surface area contributed by atoms with Crippen LogP contribution in [-0.2, 0) is 16.0 Å². The molecule has 1 atom stereocenters. The molecule has 0 aromatic carbocycles. The topological polar surface area (TPSA) is 62.3 Å². The Bertz CT molecular complexity index is 513. The van der Waals surface area contributed by atoms with E-state index in [0.717, 1.165) is 30.1 Å². The van der Waals surface area contributed by atoms with Crippen LogP contribution in [0.15, 0.2) is 5.38 Å². The molecule has 1 N–H and O–H groups in total. The van der Waals surface area contributed by atoms with Gasteiger partial charge in [-0.2, -0.15) is 0 Å². The van der Waals surface area contributed by atoms with Crippen molar-refractivity contribution in [2.24, 2.45) is 0 Å². The van der Waals surface area contributed by atoms with Crippen LogP contribution in [0.1, 0.15) is 43.8 Å². The second-order valence-electron chi connectivity index (χ2n) is 5.75. The molecule has 2 heterocycles. The van der Waals surface area contributed by atoms with Crippen LogP contribution in [0.4, 0.5) is 0 Å². The molecule has 5 nitrogen and oxygen atoms in total. The van der Waals surface area contributed by atoms with E-state index in [-0.39, 0.29) is 23.9 Å². The SMILES string of the molecule is Cc1nc(CCCC(=O)N[C@H]2CCN(C(C)C)C2=O)cs1. The van der Waals surface area contributed by atoms with Gasteiger partial charge in [0, 0.05) is 24.4 Å². The Morgan fingerprint density at radius 3 is 2.90 bits per heavy atom. The van der Waals surface area contributed by atoms with Crippen LogP contribution in [0.25, 0.3) is 0 Å². The van der Waals surface area contributed by atoms with Crippen molar-refractivity contribution < 1.29 is 9.59 Å². The number of nitrogens with one attached hydrogen (secondary N) is 1. The largest absolute Gasteiger partial charge is 0.344 e. The summed E-state index contributed by atoms with van der Waals surface area (Å²) >= 11 is 1.63. The molecule has 1 aliphatic heterocycles. The molecule has 0 spiro atoms. The zero-order chi connectivity index (χ0) is 15.4. The van der Waals surface area contributed by atoms with E-state index in [1.165, 1.54) is 0 Å². The third-order valence-electron chi connectivity index (χ3n) is 3.70. The molecule has 1 saturated heterocycles. The molecule has 2 amide bonds. The van der Waals surface area contributed by atoms with Gasteiger partial charge in [0.05, 0.1) is 10.7 Å². The van der Waals surface area contributed by atoms with Crippen LogP contribution in [0, 0.1) is 6.92 Å². The summed E-state index contributed by atoms with van der Waals surface area (Å²) < 4.78 is 0. The van der Waals surface area contributed by atoms with E-state index in [0.29, 0.717) is 12.8 Å². The van der Waals surface area contributed by atoms with Gasteiger partial charge in [-0.1, -0.05) is 0 Å². The molecule has 1 aliphatic rings. The monoisotopic (exact) mass is 309 g/mol. The molecule has 1 aromatic heterocycles. The van der Waals surface area contributed by atoms with Crippen LogP contribution in [0.5, 0.6) is 0 Å². The number of carbonyl (C=O) groups excluding carboxylic acids is 2. The van der Waals surface area contributed by atoms with Crippen LogP contribution in [0.3, 0.4) is 0 Å². The highest BCUT2D eigenvalue weighted by Gasteiger charge is 2.33. The van der Waals surface area contributed by atoms with Crippen molar-refractivity contribution in [2.75, 3.05) is 6.54 Å². The van der Waals surface area contributed by atoms with E-state index in [1.54, 1.807) is 11.3 Å². The molecule has 0 bridgehead atoms. The van der Waals surface area contributed by atoms with E-state index >= 15 is 0 Å². The summed E-state index contributed by atoms with van der Waals surface area (Å²) in [4.78, 5) is 30.2. The molecule has 0 radical (unpaired) electrons.